The summed E-state index contributed by atoms with van der Waals surface area (Å²) < 4.78 is 0. The van der Waals surface area contributed by atoms with Gasteiger partial charge < -0.3 is 0 Å². The minimum atomic E-state index is 0.204. The fourth-order valence-corrected chi connectivity index (χ4v) is 5.37. The molecule has 0 amide bonds. The molecule has 0 aliphatic heterocycles. The molecular weight excluding hydrogens is 621 g/mol. The summed E-state index contributed by atoms with van der Waals surface area (Å²) in [6.45, 7) is 63.2. The van der Waals surface area contributed by atoms with Gasteiger partial charge in [0.15, 0.2) is 0 Å². The Morgan fingerprint density at radius 2 is 0.804 bits per heavy atom. The highest BCUT2D eigenvalue weighted by Gasteiger charge is 2.47. The normalized spacial score (nSPS) is 13.6. The van der Waals surface area contributed by atoms with Crippen LogP contribution in [0, 0.1) is 87.8 Å². The lowest BCUT2D eigenvalue weighted by atomic mass is 9.72. The van der Waals surface area contributed by atoms with E-state index in [2.05, 4.69) is 152 Å². The van der Waals surface area contributed by atoms with E-state index in [0.717, 1.165) is 53.3 Å². The molecule has 0 spiro atoms. The molecule has 0 bridgehead atoms. The van der Waals surface area contributed by atoms with Crippen molar-refractivity contribution < 1.29 is 9.59 Å². The number of rotatable bonds is 13. The second-order valence-electron chi connectivity index (χ2n) is 20.3. The SMILES string of the molecule is C=C(C(C)C)C(C)C.CC(C)C(=O)C(C)C.CC(C)C(C)(C)C(C)C.CC(C)C(C)C(C)C.CC(C)C1(C(C)C)CC1.CC(C)CC(=O)C(C)C. The topological polar surface area (TPSA) is 34.1 Å². The first-order valence-corrected chi connectivity index (χ1v) is 21.4. The first-order valence-electron chi connectivity index (χ1n) is 21.4. The van der Waals surface area contributed by atoms with Gasteiger partial charge in [0.2, 0.25) is 0 Å². The van der Waals surface area contributed by atoms with Crippen LogP contribution in [0.4, 0.5) is 0 Å². The van der Waals surface area contributed by atoms with Crippen molar-refractivity contribution in [3.63, 3.8) is 0 Å². The molecule has 0 aromatic rings. The van der Waals surface area contributed by atoms with Crippen LogP contribution in [-0.4, -0.2) is 11.6 Å². The highest BCUT2D eigenvalue weighted by molar-refractivity contribution is 5.82. The van der Waals surface area contributed by atoms with E-state index in [1.165, 1.54) is 18.4 Å². The Hall–Kier alpha value is -0.920. The molecule has 1 aliphatic carbocycles. The van der Waals surface area contributed by atoms with Crippen molar-refractivity contribution in [3.8, 4) is 0 Å². The highest BCUT2D eigenvalue weighted by Crippen LogP contribution is 2.57. The van der Waals surface area contributed by atoms with Crippen LogP contribution in [0.15, 0.2) is 12.2 Å². The second-order valence-corrected chi connectivity index (χ2v) is 20.3. The smallest absolute Gasteiger partial charge is 0.137 e. The number of ketones is 2. The summed E-state index contributed by atoms with van der Waals surface area (Å²) in [6.07, 6.45) is 3.68. The molecule has 0 unspecified atom stereocenters. The molecule has 51 heavy (non-hydrogen) atoms. The van der Waals surface area contributed by atoms with E-state index in [9.17, 15) is 9.59 Å². The Morgan fingerprint density at radius 1 is 0.510 bits per heavy atom. The molecule has 310 valence electrons. The van der Waals surface area contributed by atoms with Crippen LogP contribution in [0.25, 0.3) is 0 Å². The van der Waals surface area contributed by atoms with Gasteiger partial charge in [0.25, 0.3) is 0 Å². The minimum absolute atomic E-state index is 0.204. The molecular formula is C49H102O2. The van der Waals surface area contributed by atoms with E-state index in [1.54, 1.807) is 0 Å². The summed E-state index contributed by atoms with van der Waals surface area (Å²) in [5.74, 6) is 9.10. The second kappa shape index (κ2) is 29.4. The quantitative estimate of drug-likeness (QED) is 0.177. The largest absolute Gasteiger partial charge is 0.299 e. The molecule has 1 aliphatic rings. The number of carbonyl (C=O) groups excluding carboxylic acids is 2. The van der Waals surface area contributed by atoms with Crippen molar-refractivity contribution in [2.75, 3.05) is 0 Å². The van der Waals surface area contributed by atoms with Crippen LogP contribution in [0.1, 0.15) is 206 Å². The molecule has 2 nitrogen and oxygen atoms in total. The van der Waals surface area contributed by atoms with Crippen LogP contribution in [-0.2, 0) is 9.59 Å². The number of allylic oxidation sites excluding steroid dienone is 1. The molecule has 1 fully saturated rings. The average molecular weight is 723 g/mol. The summed E-state index contributed by atoms with van der Waals surface area (Å²) in [6, 6.07) is 0. The number of Topliss-reactive ketones (excluding diaryl/α,β-unsaturated/α-hetero) is 2. The Labute approximate surface area is 326 Å². The molecule has 0 radical (unpaired) electrons. The highest BCUT2D eigenvalue weighted by atomic mass is 16.1. The average Bonchev–Trinajstić information content (AvgIpc) is 3.79. The molecule has 0 aromatic carbocycles. The van der Waals surface area contributed by atoms with E-state index in [1.807, 2.05) is 41.5 Å². The van der Waals surface area contributed by atoms with Gasteiger partial charge in [-0.25, -0.2) is 0 Å². The van der Waals surface area contributed by atoms with E-state index in [0.29, 0.717) is 34.7 Å². The summed E-state index contributed by atoms with van der Waals surface area (Å²) in [4.78, 5) is 21.8. The van der Waals surface area contributed by atoms with Gasteiger partial charge in [-0.3, -0.25) is 9.59 Å². The van der Waals surface area contributed by atoms with Crippen molar-refractivity contribution in [1.29, 1.82) is 0 Å². The maximum absolute atomic E-state index is 11.0. The lowest BCUT2D eigenvalue weighted by Crippen LogP contribution is -2.25. The summed E-state index contributed by atoms with van der Waals surface area (Å²) in [7, 11) is 0. The predicted octanol–water partition coefficient (Wildman–Crippen LogP) is 16.3. The Morgan fingerprint density at radius 3 is 0.824 bits per heavy atom. The van der Waals surface area contributed by atoms with E-state index < -0.39 is 0 Å². The van der Waals surface area contributed by atoms with E-state index in [4.69, 9.17) is 0 Å². The van der Waals surface area contributed by atoms with Gasteiger partial charge >= 0.3 is 0 Å². The van der Waals surface area contributed by atoms with Gasteiger partial charge in [-0.05, 0) is 82.9 Å². The van der Waals surface area contributed by atoms with Gasteiger partial charge in [0, 0.05) is 24.2 Å². The predicted molar refractivity (Wildman–Crippen MR) is 236 cm³/mol. The van der Waals surface area contributed by atoms with Crippen LogP contribution in [0.2, 0.25) is 0 Å². The third-order valence-electron chi connectivity index (χ3n) is 12.1. The zero-order valence-corrected chi connectivity index (χ0v) is 40.7. The van der Waals surface area contributed by atoms with Crippen molar-refractivity contribution in [2.24, 2.45) is 87.8 Å². The van der Waals surface area contributed by atoms with Crippen molar-refractivity contribution in [2.45, 2.75) is 206 Å². The van der Waals surface area contributed by atoms with E-state index in [-0.39, 0.29) is 17.8 Å². The first kappa shape index (κ1) is 59.4. The number of carbonyl (C=O) groups is 2. The fourth-order valence-electron chi connectivity index (χ4n) is 5.37. The van der Waals surface area contributed by atoms with Crippen LogP contribution >= 0.6 is 0 Å². The zero-order valence-electron chi connectivity index (χ0n) is 40.7. The molecule has 2 heteroatoms. The summed E-state index contributed by atoms with van der Waals surface area (Å²) in [5.41, 5.74) is 2.60. The van der Waals surface area contributed by atoms with Crippen molar-refractivity contribution in [3.05, 3.63) is 12.2 Å². The van der Waals surface area contributed by atoms with Crippen molar-refractivity contribution in [1.82, 2.24) is 0 Å². The number of hydrogen-bond donors (Lipinski definition) is 0. The first-order chi connectivity index (χ1) is 22.7. The molecule has 0 aromatic heterocycles. The molecule has 0 atom stereocenters. The third kappa shape index (κ3) is 30.1. The Bertz CT molecular complexity index is 769. The maximum Gasteiger partial charge on any atom is 0.137 e. The molecule has 1 rings (SSSR count). The maximum atomic E-state index is 11.0. The van der Waals surface area contributed by atoms with Gasteiger partial charge in [0.05, 0.1) is 0 Å². The molecule has 0 saturated heterocycles. The minimum Gasteiger partial charge on any atom is -0.299 e. The van der Waals surface area contributed by atoms with Gasteiger partial charge in [0.1, 0.15) is 11.6 Å². The summed E-state index contributed by atoms with van der Waals surface area (Å²) in [5, 5.41) is 0. The van der Waals surface area contributed by atoms with Crippen LogP contribution < -0.4 is 0 Å². The number of hydrogen-bond acceptors (Lipinski definition) is 2. The monoisotopic (exact) mass is 723 g/mol. The molecule has 0 heterocycles. The van der Waals surface area contributed by atoms with E-state index >= 15 is 0 Å². The standard InChI is InChI=1S/C9H18.C9H20.C8H16O.C8H18.C8H16.C7H14O/c1-7(2)9(5-6-9)8(3)4;1-7(2)9(5,6)8(3)4;1-6(2)5-8(9)7(3)4;2*1-6(2)8(5)7(3)4;1-5(2)7(8)6(3)4/h7-8H,5-6H2,1-4H3;7-8H,1-6H3;6-7H,5H2,1-4H3;6-8H,1-5H3;6-7H,5H2,1-4H3;5-6H,1-4H3. The van der Waals surface area contributed by atoms with Gasteiger partial charge in [-0.2, -0.15) is 0 Å². The van der Waals surface area contributed by atoms with Crippen LogP contribution in [0.5, 0.6) is 0 Å². The lowest BCUT2D eigenvalue weighted by Gasteiger charge is -2.33. The Balaban J connectivity index is -0.000000166. The van der Waals surface area contributed by atoms with Crippen LogP contribution in [0.3, 0.4) is 0 Å². The fraction of sp³-hybridized carbons (Fsp3) is 0.918. The van der Waals surface area contributed by atoms with Gasteiger partial charge in [-0.1, -0.05) is 199 Å². The Kier molecular flexibility index (Phi) is 34.3. The molecule has 1 saturated carbocycles. The summed E-state index contributed by atoms with van der Waals surface area (Å²) >= 11 is 0. The lowest BCUT2D eigenvalue weighted by molar-refractivity contribution is -0.125. The molecule has 0 N–H and O–H groups in total. The zero-order chi connectivity index (χ0) is 42.4. The third-order valence-corrected chi connectivity index (χ3v) is 12.1. The van der Waals surface area contributed by atoms with Crippen molar-refractivity contribution >= 4 is 11.6 Å². The van der Waals surface area contributed by atoms with Gasteiger partial charge in [-0.15, -0.1) is 0 Å².